The summed E-state index contributed by atoms with van der Waals surface area (Å²) in [5.74, 6) is -0.320. The molecule has 2 amide bonds. The Labute approximate surface area is 231 Å². The van der Waals surface area contributed by atoms with Crippen LogP contribution in [0.1, 0.15) is 38.8 Å². The smallest absolute Gasteiger partial charge is 0.264 e. The van der Waals surface area contributed by atoms with E-state index in [1.165, 1.54) is 24.1 Å². The lowest BCUT2D eigenvalue weighted by Gasteiger charge is -2.33. The number of sulfonamides is 1. The van der Waals surface area contributed by atoms with E-state index >= 15 is 0 Å². The molecule has 1 atom stereocenters. The molecule has 3 aromatic rings. The second-order valence-corrected chi connectivity index (χ2v) is 12.3. The van der Waals surface area contributed by atoms with Crippen molar-refractivity contribution in [2.75, 3.05) is 18.0 Å². The lowest BCUT2D eigenvalue weighted by atomic mass is 10.1. The SMILES string of the molecule is COc1ccc(S(=O)(=O)N(CC(=O)N(Cc2ccccc2)[C@H](C)C(=O)NC(C)(C)C)c2ccc(C)cc2)cc1. The van der Waals surface area contributed by atoms with E-state index in [4.69, 9.17) is 4.74 Å². The Morgan fingerprint density at radius 1 is 0.923 bits per heavy atom. The first-order chi connectivity index (χ1) is 18.3. The van der Waals surface area contributed by atoms with Gasteiger partial charge >= 0.3 is 0 Å². The Hall–Kier alpha value is -3.85. The molecule has 0 bridgehead atoms. The summed E-state index contributed by atoms with van der Waals surface area (Å²) < 4.78 is 34.0. The van der Waals surface area contributed by atoms with E-state index < -0.39 is 34.1 Å². The number of ether oxygens (including phenoxy) is 1. The zero-order valence-electron chi connectivity index (χ0n) is 23.3. The van der Waals surface area contributed by atoms with E-state index in [9.17, 15) is 18.0 Å². The summed E-state index contributed by atoms with van der Waals surface area (Å²) >= 11 is 0. The number of hydrogen-bond acceptors (Lipinski definition) is 5. The van der Waals surface area contributed by atoms with Gasteiger partial charge in [-0.3, -0.25) is 13.9 Å². The number of benzene rings is 3. The van der Waals surface area contributed by atoms with Crippen molar-refractivity contribution in [3.05, 3.63) is 90.0 Å². The Balaban J connectivity index is 2.02. The fraction of sp³-hybridized carbons (Fsp3) is 0.333. The first-order valence-corrected chi connectivity index (χ1v) is 14.1. The number of nitrogens with zero attached hydrogens (tertiary/aromatic N) is 2. The van der Waals surface area contributed by atoms with Gasteiger partial charge < -0.3 is 15.0 Å². The Bertz CT molecular complexity index is 1370. The lowest BCUT2D eigenvalue weighted by Crippen LogP contribution is -2.54. The third-order valence-electron chi connectivity index (χ3n) is 6.11. The number of methoxy groups -OCH3 is 1. The molecule has 0 heterocycles. The first-order valence-electron chi connectivity index (χ1n) is 12.7. The molecule has 0 aliphatic heterocycles. The fourth-order valence-electron chi connectivity index (χ4n) is 3.95. The van der Waals surface area contributed by atoms with E-state index in [2.05, 4.69) is 5.32 Å². The molecule has 0 aliphatic carbocycles. The summed E-state index contributed by atoms with van der Waals surface area (Å²) in [4.78, 5) is 28.5. The van der Waals surface area contributed by atoms with Crippen LogP contribution in [-0.4, -0.2) is 50.4 Å². The van der Waals surface area contributed by atoms with Gasteiger partial charge in [-0.25, -0.2) is 8.42 Å². The third-order valence-corrected chi connectivity index (χ3v) is 7.90. The quantitative estimate of drug-likeness (QED) is 0.399. The Morgan fingerprint density at radius 2 is 1.51 bits per heavy atom. The minimum atomic E-state index is -4.14. The Morgan fingerprint density at radius 3 is 2.05 bits per heavy atom. The summed E-state index contributed by atoms with van der Waals surface area (Å²) in [6.45, 7) is 8.79. The predicted octanol–water partition coefficient (Wildman–Crippen LogP) is 4.53. The van der Waals surface area contributed by atoms with Gasteiger partial charge in [-0.15, -0.1) is 0 Å². The van der Waals surface area contributed by atoms with Crippen molar-refractivity contribution in [2.45, 2.75) is 57.6 Å². The number of carbonyl (C=O) groups is 2. The summed E-state index contributed by atoms with van der Waals surface area (Å²) in [6.07, 6.45) is 0. The van der Waals surface area contributed by atoms with Crippen molar-refractivity contribution < 1.29 is 22.7 Å². The highest BCUT2D eigenvalue weighted by Crippen LogP contribution is 2.26. The number of aryl methyl sites for hydroxylation is 1. The number of amides is 2. The monoisotopic (exact) mass is 551 g/mol. The molecule has 0 unspecified atom stereocenters. The van der Waals surface area contributed by atoms with Crippen molar-refractivity contribution in [3.8, 4) is 5.75 Å². The molecule has 9 heteroatoms. The summed E-state index contributed by atoms with van der Waals surface area (Å²) in [6, 6.07) is 21.4. The van der Waals surface area contributed by atoms with Gasteiger partial charge in [0.15, 0.2) is 0 Å². The minimum Gasteiger partial charge on any atom is -0.497 e. The molecule has 8 nitrogen and oxygen atoms in total. The largest absolute Gasteiger partial charge is 0.497 e. The van der Waals surface area contributed by atoms with Crippen LogP contribution >= 0.6 is 0 Å². The van der Waals surface area contributed by atoms with Crippen LogP contribution in [0.25, 0.3) is 0 Å². The molecule has 0 fully saturated rings. The van der Waals surface area contributed by atoms with Crippen LogP contribution in [0.5, 0.6) is 5.75 Å². The van der Waals surface area contributed by atoms with Gasteiger partial charge in [0.25, 0.3) is 10.0 Å². The molecule has 39 heavy (non-hydrogen) atoms. The van der Waals surface area contributed by atoms with Crippen LogP contribution in [0.15, 0.2) is 83.8 Å². The normalized spacial score (nSPS) is 12.4. The Kier molecular flexibility index (Phi) is 9.40. The fourth-order valence-corrected chi connectivity index (χ4v) is 5.37. The highest BCUT2D eigenvalue weighted by Gasteiger charge is 2.33. The maximum Gasteiger partial charge on any atom is 0.264 e. The van der Waals surface area contributed by atoms with Gasteiger partial charge in [0.2, 0.25) is 11.8 Å². The molecule has 208 valence electrons. The van der Waals surface area contributed by atoms with Gasteiger partial charge in [-0.1, -0.05) is 48.0 Å². The number of carbonyl (C=O) groups excluding carboxylic acids is 2. The van der Waals surface area contributed by atoms with Crippen molar-refractivity contribution >= 4 is 27.5 Å². The van der Waals surface area contributed by atoms with Crippen molar-refractivity contribution in [1.29, 1.82) is 0 Å². The number of nitrogens with one attached hydrogen (secondary N) is 1. The third kappa shape index (κ3) is 7.83. The topological polar surface area (TPSA) is 96.0 Å². The lowest BCUT2D eigenvalue weighted by molar-refractivity contribution is -0.140. The molecule has 3 aromatic carbocycles. The van der Waals surface area contributed by atoms with Crippen molar-refractivity contribution in [1.82, 2.24) is 10.2 Å². The molecule has 3 rings (SSSR count). The van der Waals surface area contributed by atoms with E-state index in [-0.39, 0.29) is 17.3 Å². The zero-order valence-corrected chi connectivity index (χ0v) is 24.2. The highest BCUT2D eigenvalue weighted by molar-refractivity contribution is 7.92. The first kappa shape index (κ1) is 29.7. The minimum absolute atomic E-state index is 0.0183. The van der Waals surface area contributed by atoms with Gasteiger partial charge in [-0.05, 0) is 76.6 Å². The van der Waals surface area contributed by atoms with Crippen LogP contribution in [0.4, 0.5) is 5.69 Å². The molecule has 0 aromatic heterocycles. The molecule has 0 saturated heterocycles. The average Bonchev–Trinajstić information content (AvgIpc) is 2.90. The summed E-state index contributed by atoms with van der Waals surface area (Å²) in [7, 11) is -2.64. The second-order valence-electron chi connectivity index (χ2n) is 10.4. The molecule has 0 spiro atoms. The average molecular weight is 552 g/mol. The molecule has 0 aliphatic rings. The standard InChI is InChI=1S/C30H37N3O5S/c1-22-12-14-25(15-13-22)33(39(36,37)27-18-16-26(38-6)17-19-27)21-28(34)32(20-24-10-8-7-9-11-24)23(2)29(35)31-30(3,4)5/h7-19,23H,20-21H2,1-6H3,(H,31,35)/t23-/m1/s1. The van der Waals surface area contributed by atoms with E-state index in [0.29, 0.717) is 11.4 Å². The van der Waals surface area contributed by atoms with Gasteiger partial charge in [0, 0.05) is 12.1 Å². The number of rotatable bonds is 10. The predicted molar refractivity (Wildman–Crippen MR) is 153 cm³/mol. The van der Waals surface area contributed by atoms with Crippen LogP contribution in [0, 0.1) is 6.92 Å². The molecule has 0 radical (unpaired) electrons. The summed E-state index contributed by atoms with van der Waals surface area (Å²) in [5, 5.41) is 2.92. The van der Waals surface area contributed by atoms with E-state index in [1.807, 2.05) is 58.0 Å². The maximum atomic E-state index is 13.9. The van der Waals surface area contributed by atoms with Gasteiger partial charge in [0.05, 0.1) is 17.7 Å². The highest BCUT2D eigenvalue weighted by atomic mass is 32.2. The van der Waals surface area contributed by atoms with Crippen LogP contribution in [0.2, 0.25) is 0 Å². The molecular weight excluding hydrogens is 514 g/mol. The molecule has 1 N–H and O–H groups in total. The molecule has 0 saturated carbocycles. The van der Waals surface area contributed by atoms with Gasteiger partial charge in [0.1, 0.15) is 18.3 Å². The van der Waals surface area contributed by atoms with Crippen LogP contribution in [-0.2, 0) is 26.2 Å². The van der Waals surface area contributed by atoms with Crippen molar-refractivity contribution in [3.63, 3.8) is 0 Å². The summed E-state index contributed by atoms with van der Waals surface area (Å²) in [5.41, 5.74) is 1.61. The number of anilines is 1. The maximum absolute atomic E-state index is 13.9. The van der Waals surface area contributed by atoms with Crippen molar-refractivity contribution in [2.24, 2.45) is 0 Å². The molecular formula is C30H37N3O5S. The van der Waals surface area contributed by atoms with Crippen LogP contribution < -0.4 is 14.4 Å². The van der Waals surface area contributed by atoms with E-state index in [1.54, 1.807) is 43.3 Å². The van der Waals surface area contributed by atoms with E-state index in [0.717, 1.165) is 15.4 Å². The van der Waals surface area contributed by atoms with Gasteiger partial charge in [-0.2, -0.15) is 0 Å². The zero-order chi connectivity index (χ0) is 28.8. The number of hydrogen-bond donors (Lipinski definition) is 1. The van der Waals surface area contributed by atoms with Crippen LogP contribution in [0.3, 0.4) is 0 Å². The second kappa shape index (κ2) is 12.3.